The minimum absolute atomic E-state index is 0.124. The molecule has 0 unspecified atom stereocenters. The van der Waals surface area contributed by atoms with Gasteiger partial charge in [0.05, 0.1) is 5.75 Å². The van der Waals surface area contributed by atoms with Crippen molar-refractivity contribution < 1.29 is 0 Å². The maximum absolute atomic E-state index is 4.65. The van der Waals surface area contributed by atoms with E-state index in [1.165, 1.54) is 0 Å². The van der Waals surface area contributed by atoms with Crippen molar-refractivity contribution >= 4 is 12.6 Å². The SMILES string of the molecule is CC(C)(C)C#CC[S]. The predicted octanol–water partition coefficient (Wildman–Crippen LogP) is 2.23. The van der Waals surface area contributed by atoms with E-state index in [0.717, 1.165) is 0 Å². The fourth-order valence-corrected chi connectivity index (χ4v) is 0.373. The van der Waals surface area contributed by atoms with Gasteiger partial charge in [-0.25, -0.2) is 0 Å². The van der Waals surface area contributed by atoms with E-state index >= 15 is 0 Å². The summed E-state index contributed by atoms with van der Waals surface area (Å²) in [5.74, 6) is 6.42. The molecule has 0 nitrogen and oxygen atoms in total. The highest BCUT2D eigenvalue weighted by atomic mass is 32.1. The Balaban J connectivity index is 3.69. The Hall–Kier alpha value is -0.0900. The highest BCUT2D eigenvalue weighted by Crippen LogP contribution is 2.09. The molecule has 0 rings (SSSR count). The van der Waals surface area contributed by atoms with E-state index in [-0.39, 0.29) is 5.41 Å². The van der Waals surface area contributed by atoms with Gasteiger partial charge in [0.2, 0.25) is 0 Å². The van der Waals surface area contributed by atoms with E-state index in [1.54, 1.807) is 0 Å². The van der Waals surface area contributed by atoms with Gasteiger partial charge >= 0.3 is 0 Å². The Morgan fingerprint density at radius 3 is 2.00 bits per heavy atom. The van der Waals surface area contributed by atoms with Gasteiger partial charge in [0.25, 0.3) is 0 Å². The van der Waals surface area contributed by atoms with Gasteiger partial charge < -0.3 is 0 Å². The molecule has 0 heterocycles. The molecular weight excluding hydrogens is 116 g/mol. The van der Waals surface area contributed by atoms with Crippen molar-refractivity contribution in [2.24, 2.45) is 5.41 Å². The normalized spacial score (nSPS) is 10.0. The Morgan fingerprint density at radius 1 is 1.38 bits per heavy atom. The lowest BCUT2D eigenvalue weighted by Crippen LogP contribution is -1.99. The van der Waals surface area contributed by atoms with E-state index in [9.17, 15) is 0 Å². The molecule has 0 saturated heterocycles. The van der Waals surface area contributed by atoms with Crippen LogP contribution in [0, 0.1) is 17.3 Å². The summed E-state index contributed by atoms with van der Waals surface area (Å²) in [7, 11) is 0. The van der Waals surface area contributed by atoms with Crippen molar-refractivity contribution in [1.82, 2.24) is 0 Å². The standard InChI is InChI=1S/C7H11S/c1-7(2,3)5-4-6-8/h6H2,1-3H3. The number of hydrogen-bond donors (Lipinski definition) is 0. The van der Waals surface area contributed by atoms with Crippen LogP contribution < -0.4 is 0 Å². The summed E-state index contributed by atoms with van der Waals surface area (Å²) in [4.78, 5) is 0. The first-order valence-electron chi connectivity index (χ1n) is 2.64. The van der Waals surface area contributed by atoms with E-state index in [0.29, 0.717) is 5.75 Å². The molecule has 0 amide bonds. The highest BCUT2D eigenvalue weighted by Gasteiger charge is 2.01. The molecule has 0 aromatic heterocycles. The lowest BCUT2D eigenvalue weighted by Gasteiger charge is -2.05. The Bertz CT molecular complexity index is 109. The Kier molecular flexibility index (Phi) is 3.01. The third-order valence-corrected chi connectivity index (χ3v) is 0.680. The first-order valence-corrected chi connectivity index (χ1v) is 3.22. The van der Waals surface area contributed by atoms with Crippen molar-refractivity contribution in [2.75, 3.05) is 5.75 Å². The molecule has 45 valence electrons. The molecule has 0 fully saturated rings. The smallest absolute Gasteiger partial charge is 0.0651 e. The predicted molar refractivity (Wildman–Crippen MR) is 39.7 cm³/mol. The zero-order valence-electron chi connectivity index (χ0n) is 5.62. The molecule has 0 aromatic carbocycles. The molecule has 0 aliphatic rings. The zero-order chi connectivity index (χ0) is 6.62. The lowest BCUT2D eigenvalue weighted by molar-refractivity contribution is 0.571. The molecule has 0 aliphatic carbocycles. The van der Waals surface area contributed by atoms with E-state index in [1.807, 2.05) is 0 Å². The topological polar surface area (TPSA) is 0 Å². The summed E-state index contributed by atoms with van der Waals surface area (Å²) in [5, 5.41) is 0. The average Bonchev–Trinajstić information content (AvgIpc) is 1.59. The van der Waals surface area contributed by atoms with Crippen LogP contribution in [-0.4, -0.2) is 5.75 Å². The molecule has 1 radical (unpaired) electrons. The molecule has 1 heteroatoms. The van der Waals surface area contributed by atoms with E-state index in [2.05, 4.69) is 45.2 Å². The van der Waals surface area contributed by atoms with Crippen molar-refractivity contribution in [3.05, 3.63) is 0 Å². The summed E-state index contributed by atoms with van der Waals surface area (Å²) < 4.78 is 0. The summed E-state index contributed by atoms with van der Waals surface area (Å²) in [6.07, 6.45) is 0. The molecule has 0 saturated carbocycles. The molecule has 0 aliphatic heterocycles. The van der Waals surface area contributed by atoms with Crippen molar-refractivity contribution in [3.8, 4) is 11.8 Å². The van der Waals surface area contributed by atoms with Crippen LogP contribution >= 0.6 is 12.6 Å². The second-order valence-corrected chi connectivity index (χ2v) is 2.98. The van der Waals surface area contributed by atoms with Crippen molar-refractivity contribution in [1.29, 1.82) is 0 Å². The van der Waals surface area contributed by atoms with E-state index < -0.39 is 0 Å². The number of rotatable bonds is 0. The van der Waals surface area contributed by atoms with Gasteiger partial charge in [-0.2, -0.15) is 0 Å². The number of hydrogen-bond acceptors (Lipinski definition) is 0. The summed E-state index contributed by atoms with van der Waals surface area (Å²) >= 11 is 4.65. The molecule has 0 aromatic rings. The van der Waals surface area contributed by atoms with Crippen molar-refractivity contribution in [2.45, 2.75) is 20.8 Å². The quantitative estimate of drug-likeness (QED) is 0.438. The van der Waals surface area contributed by atoms with Gasteiger partial charge in [-0.05, 0) is 20.8 Å². The minimum Gasteiger partial charge on any atom is -0.0965 e. The lowest BCUT2D eigenvalue weighted by atomic mass is 9.98. The van der Waals surface area contributed by atoms with E-state index in [4.69, 9.17) is 0 Å². The molecular formula is C7H11S. The molecule has 0 atom stereocenters. The molecule has 0 N–H and O–H groups in total. The summed E-state index contributed by atoms with van der Waals surface area (Å²) in [5.41, 5.74) is 0.124. The molecule has 8 heavy (non-hydrogen) atoms. The van der Waals surface area contributed by atoms with Crippen LogP contribution in [0.2, 0.25) is 0 Å². The third-order valence-electron chi connectivity index (χ3n) is 0.536. The van der Waals surface area contributed by atoms with Crippen LogP contribution in [0.5, 0.6) is 0 Å². The first-order chi connectivity index (χ1) is 3.56. The Labute approximate surface area is 57.1 Å². The fourth-order valence-electron chi connectivity index (χ4n) is 0.301. The van der Waals surface area contributed by atoms with Crippen LogP contribution in [0.4, 0.5) is 0 Å². The Morgan fingerprint density at radius 2 is 1.88 bits per heavy atom. The second-order valence-electron chi connectivity index (χ2n) is 2.70. The average molecular weight is 127 g/mol. The van der Waals surface area contributed by atoms with Gasteiger partial charge in [-0.15, -0.1) is 0 Å². The fraction of sp³-hybridized carbons (Fsp3) is 0.714. The summed E-state index contributed by atoms with van der Waals surface area (Å²) in [6, 6.07) is 0. The van der Waals surface area contributed by atoms with Crippen LogP contribution in [0.25, 0.3) is 0 Å². The second kappa shape index (κ2) is 3.04. The monoisotopic (exact) mass is 127 g/mol. The van der Waals surface area contributed by atoms with Crippen LogP contribution in [0.1, 0.15) is 20.8 Å². The van der Waals surface area contributed by atoms with Crippen LogP contribution in [-0.2, 0) is 0 Å². The summed E-state index contributed by atoms with van der Waals surface area (Å²) in [6.45, 7) is 6.22. The maximum Gasteiger partial charge on any atom is 0.0651 e. The minimum atomic E-state index is 0.124. The van der Waals surface area contributed by atoms with Crippen LogP contribution in [0.3, 0.4) is 0 Å². The molecule has 0 spiro atoms. The van der Waals surface area contributed by atoms with Gasteiger partial charge in [0, 0.05) is 5.41 Å². The van der Waals surface area contributed by atoms with Crippen molar-refractivity contribution in [3.63, 3.8) is 0 Å². The van der Waals surface area contributed by atoms with Crippen LogP contribution in [0.15, 0.2) is 0 Å². The zero-order valence-corrected chi connectivity index (χ0v) is 6.43. The van der Waals surface area contributed by atoms with Gasteiger partial charge in [-0.3, -0.25) is 0 Å². The van der Waals surface area contributed by atoms with Gasteiger partial charge in [-0.1, -0.05) is 24.5 Å². The third kappa shape index (κ3) is 5.91. The first kappa shape index (κ1) is 7.91. The largest absolute Gasteiger partial charge is 0.0965 e. The van der Waals surface area contributed by atoms with Gasteiger partial charge in [0.1, 0.15) is 0 Å². The molecule has 0 bridgehead atoms. The highest BCUT2D eigenvalue weighted by molar-refractivity contribution is 7.80. The van der Waals surface area contributed by atoms with Gasteiger partial charge in [0.15, 0.2) is 0 Å². The maximum atomic E-state index is 4.65.